The number of hydrogen-bond acceptors (Lipinski definition) is 5. The number of carboxylic acid groups (broad SMARTS) is 1. The number of benzene rings is 2. The Morgan fingerprint density at radius 3 is 2.32 bits per heavy atom. The van der Waals surface area contributed by atoms with Gasteiger partial charge in [-0.05, 0) is 55.7 Å². The Balaban J connectivity index is 1.62. The van der Waals surface area contributed by atoms with Crippen molar-refractivity contribution in [1.29, 1.82) is 0 Å². The van der Waals surface area contributed by atoms with E-state index >= 15 is 0 Å². The lowest BCUT2D eigenvalue weighted by molar-refractivity contribution is -0.143. The molecule has 0 saturated carbocycles. The van der Waals surface area contributed by atoms with Gasteiger partial charge in [-0.25, -0.2) is 18.3 Å². The summed E-state index contributed by atoms with van der Waals surface area (Å²) < 4.78 is 31.3. The van der Waals surface area contributed by atoms with Crippen molar-refractivity contribution in [1.82, 2.24) is 13.9 Å². The summed E-state index contributed by atoms with van der Waals surface area (Å²) in [6, 6.07) is 12.1. The molecule has 0 radical (unpaired) electrons. The highest BCUT2D eigenvalue weighted by Crippen LogP contribution is 2.45. The zero-order valence-corrected chi connectivity index (χ0v) is 24.1. The monoisotopic (exact) mass is 640 g/mol. The number of nitrogens with zero attached hydrogens (tertiary/aromatic N) is 4. The smallest absolute Gasteiger partial charge is 0.306 e. The number of aliphatic carboxylic acids is 1. The summed E-state index contributed by atoms with van der Waals surface area (Å²) in [6.45, 7) is 1.81. The summed E-state index contributed by atoms with van der Waals surface area (Å²) in [7, 11) is -4.11. The lowest BCUT2D eigenvalue weighted by Crippen LogP contribution is -2.44. The van der Waals surface area contributed by atoms with Crippen LogP contribution in [0.15, 0.2) is 58.2 Å². The Bertz CT molecular complexity index is 1520. The van der Waals surface area contributed by atoms with Gasteiger partial charge in [0.25, 0.3) is 15.9 Å². The van der Waals surface area contributed by atoms with Crippen LogP contribution in [0.25, 0.3) is 0 Å². The molecule has 0 spiro atoms. The number of sulfonamides is 1. The predicted molar refractivity (Wildman–Crippen MR) is 146 cm³/mol. The molecule has 13 heteroatoms. The van der Waals surface area contributed by atoms with Crippen molar-refractivity contribution in [2.45, 2.75) is 36.8 Å². The van der Waals surface area contributed by atoms with Crippen LogP contribution < -0.4 is 4.90 Å². The Morgan fingerprint density at radius 1 is 1.13 bits per heavy atom. The van der Waals surface area contributed by atoms with Crippen molar-refractivity contribution in [3.63, 3.8) is 0 Å². The van der Waals surface area contributed by atoms with Gasteiger partial charge >= 0.3 is 5.97 Å². The number of piperidine rings is 1. The first-order valence-corrected chi connectivity index (χ1v) is 14.8. The first kappa shape index (κ1) is 27.1. The van der Waals surface area contributed by atoms with Gasteiger partial charge in [-0.15, -0.1) is 0 Å². The molecule has 1 atom stereocenters. The fraction of sp³-hybridized carbons (Fsp3) is 0.320. The molecule has 5 rings (SSSR count). The molecule has 2 aliphatic rings. The number of rotatable bonds is 6. The van der Waals surface area contributed by atoms with Crippen LogP contribution in [0.2, 0.25) is 10.0 Å². The second kappa shape index (κ2) is 9.95. The molecular weight excluding hydrogens is 619 g/mol. The number of anilines is 2. The van der Waals surface area contributed by atoms with Crippen molar-refractivity contribution < 1.29 is 23.1 Å². The Labute approximate surface area is 238 Å². The minimum Gasteiger partial charge on any atom is -0.481 e. The van der Waals surface area contributed by atoms with Gasteiger partial charge in [0.2, 0.25) is 5.95 Å². The van der Waals surface area contributed by atoms with Crippen LogP contribution in [0.1, 0.15) is 25.3 Å². The number of imidazole rings is 1. The molecule has 0 bridgehead atoms. The topological polar surface area (TPSA) is 113 Å². The Morgan fingerprint density at radius 2 is 1.74 bits per heavy atom. The average Bonchev–Trinajstić information content (AvgIpc) is 3.39. The van der Waals surface area contributed by atoms with E-state index in [0.717, 1.165) is 10.0 Å². The van der Waals surface area contributed by atoms with Gasteiger partial charge in [-0.1, -0.05) is 51.3 Å². The zero-order chi connectivity index (χ0) is 27.4. The molecule has 1 unspecified atom stereocenters. The van der Waals surface area contributed by atoms with E-state index in [4.69, 9.17) is 23.2 Å². The summed E-state index contributed by atoms with van der Waals surface area (Å²) >= 11 is 15.9. The Kier molecular flexibility index (Phi) is 7.10. The van der Waals surface area contributed by atoms with Crippen molar-refractivity contribution in [2.75, 3.05) is 18.0 Å². The van der Waals surface area contributed by atoms with Gasteiger partial charge in [0.1, 0.15) is 5.54 Å². The van der Waals surface area contributed by atoms with Gasteiger partial charge in [0.15, 0.2) is 5.03 Å². The number of hydrogen-bond donors (Lipinski definition) is 1. The molecular formula is C25H23BrCl2N4O5S. The second-order valence-electron chi connectivity index (χ2n) is 9.59. The highest BCUT2D eigenvalue weighted by molar-refractivity contribution is 9.10. The average molecular weight is 642 g/mol. The molecule has 3 aromatic rings. The third-order valence-electron chi connectivity index (χ3n) is 7.04. The first-order valence-electron chi connectivity index (χ1n) is 11.8. The third kappa shape index (κ3) is 4.64. The number of fused-ring (bicyclic) bond motifs is 1. The van der Waals surface area contributed by atoms with E-state index in [1.54, 1.807) is 19.1 Å². The van der Waals surface area contributed by atoms with E-state index in [1.165, 1.54) is 26.0 Å². The van der Waals surface area contributed by atoms with Crippen LogP contribution in [0.3, 0.4) is 0 Å². The van der Waals surface area contributed by atoms with E-state index in [-0.39, 0.29) is 49.2 Å². The van der Waals surface area contributed by atoms with E-state index in [0.29, 0.717) is 15.7 Å². The maximum Gasteiger partial charge on any atom is 0.306 e. The van der Waals surface area contributed by atoms with E-state index in [1.807, 2.05) is 24.3 Å². The second-order valence-corrected chi connectivity index (χ2v) is 13.3. The van der Waals surface area contributed by atoms with Gasteiger partial charge < -0.3 is 5.11 Å². The fourth-order valence-corrected chi connectivity index (χ4v) is 7.52. The minimum atomic E-state index is -4.11. The molecule has 0 aliphatic carbocycles. The van der Waals surface area contributed by atoms with Crippen LogP contribution in [-0.4, -0.2) is 52.3 Å². The van der Waals surface area contributed by atoms with Gasteiger partial charge in [0, 0.05) is 34.0 Å². The highest BCUT2D eigenvalue weighted by atomic mass is 79.9. The third-order valence-corrected chi connectivity index (χ3v) is 9.87. The molecule has 2 aromatic carbocycles. The number of aromatic nitrogens is 2. The summed E-state index contributed by atoms with van der Waals surface area (Å²) in [6.07, 6.45) is 1.85. The molecule has 1 saturated heterocycles. The zero-order valence-electron chi connectivity index (χ0n) is 20.1. The SMILES string of the molecule is CC1(Cc2ccc(Br)cc2)C(=O)N(c2cc(Cl)cc(Cl)c2)c2ncc(S(=O)(=O)N3CCC(C(=O)O)CC3)n21. The van der Waals surface area contributed by atoms with E-state index in [2.05, 4.69) is 20.9 Å². The largest absolute Gasteiger partial charge is 0.481 e. The van der Waals surface area contributed by atoms with Crippen molar-refractivity contribution in [2.24, 2.45) is 5.92 Å². The number of amides is 1. The number of carbonyl (C=O) groups is 2. The van der Waals surface area contributed by atoms with E-state index < -0.39 is 27.4 Å². The fourth-order valence-electron chi connectivity index (χ4n) is 5.09. The quantitative estimate of drug-likeness (QED) is 0.402. The normalized spacial score (nSPS) is 20.6. The molecule has 1 aromatic heterocycles. The summed E-state index contributed by atoms with van der Waals surface area (Å²) in [4.78, 5) is 31.2. The predicted octanol–water partition coefficient (Wildman–Crippen LogP) is 5.07. The number of carboxylic acids is 1. The molecule has 1 amide bonds. The molecule has 38 heavy (non-hydrogen) atoms. The highest BCUT2D eigenvalue weighted by Gasteiger charge is 2.52. The first-order chi connectivity index (χ1) is 17.9. The van der Waals surface area contributed by atoms with Crippen molar-refractivity contribution >= 4 is 72.7 Å². The number of halogens is 3. The van der Waals surface area contributed by atoms with Gasteiger partial charge in [-0.3, -0.25) is 14.2 Å². The Hall–Kier alpha value is -2.44. The van der Waals surface area contributed by atoms with Crippen LogP contribution in [0, 0.1) is 5.92 Å². The molecule has 9 nitrogen and oxygen atoms in total. The van der Waals surface area contributed by atoms with Gasteiger partial charge in [0.05, 0.1) is 17.8 Å². The van der Waals surface area contributed by atoms with Crippen LogP contribution in [-0.2, 0) is 31.6 Å². The van der Waals surface area contributed by atoms with Crippen molar-refractivity contribution in [3.05, 3.63) is 68.7 Å². The molecule has 1 fully saturated rings. The standard InChI is InChI=1S/C25H23BrCl2N4O5S/c1-25(13-15-2-4-17(26)5-3-15)23(35)31(20-11-18(27)10-19(28)12-20)24-29-14-21(32(24)25)38(36,37)30-8-6-16(7-9-30)22(33)34/h2-5,10-12,14,16H,6-9,13H2,1H3,(H,33,34). The minimum absolute atomic E-state index is 0.0603. The lowest BCUT2D eigenvalue weighted by Gasteiger charge is -2.31. The summed E-state index contributed by atoms with van der Waals surface area (Å²) in [5, 5.41) is 9.82. The van der Waals surface area contributed by atoms with Gasteiger partial charge in [-0.2, -0.15) is 4.31 Å². The van der Waals surface area contributed by atoms with Crippen molar-refractivity contribution in [3.8, 4) is 0 Å². The summed E-state index contributed by atoms with van der Waals surface area (Å²) in [5.41, 5.74) is -0.165. The maximum absolute atomic E-state index is 14.1. The molecule has 3 heterocycles. The van der Waals surface area contributed by atoms with Crippen LogP contribution in [0.4, 0.5) is 11.6 Å². The summed E-state index contributed by atoms with van der Waals surface area (Å²) in [5.74, 6) is -1.78. The maximum atomic E-state index is 14.1. The van der Waals surface area contributed by atoms with E-state index in [9.17, 15) is 23.1 Å². The van der Waals surface area contributed by atoms with Crippen LogP contribution in [0.5, 0.6) is 0 Å². The van der Waals surface area contributed by atoms with Crippen LogP contribution >= 0.6 is 39.1 Å². The lowest BCUT2D eigenvalue weighted by atomic mass is 9.92. The number of carbonyl (C=O) groups excluding carboxylic acids is 1. The molecule has 2 aliphatic heterocycles. The molecule has 1 N–H and O–H groups in total. The molecule has 200 valence electrons.